The molecule has 1 amide bonds. The first kappa shape index (κ1) is 20.0. The van der Waals surface area contributed by atoms with Crippen molar-refractivity contribution >= 4 is 11.6 Å². The molecule has 0 saturated heterocycles. The van der Waals surface area contributed by atoms with Crippen LogP contribution in [0.1, 0.15) is 10.4 Å². The van der Waals surface area contributed by atoms with E-state index in [9.17, 15) is 9.18 Å². The number of anilines is 1. The van der Waals surface area contributed by atoms with E-state index >= 15 is 0 Å². The number of halogens is 1. The summed E-state index contributed by atoms with van der Waals surface area (Å²) < 4.78 is 24.4. The highest BCUT2D eigenvalue weighted by Crippen LogP contribution is 2.25. The third-order valence-corrected chi connectivity index (χ3v) is 4.36. The van der Waals surface area contributed by atoms with Gasteiger partial charge in [0.05, 0.1) is 7.11 Å². The molecule has 0 spiro atoms. The molecule has 4 aromatic rings. The molecule has 7 heteroatoms. The predicted molar refractivity (Wildman–Crippen MR) is 115 cm³/mol. The fourth-order valence-electron chi connectivity index (χ4n) is 2.89. The molecular formula is C24H18FN3O3. The Morgan fingerprint density at radius 3 is 2.58 bits per heavy atom. The average Bonchev–Trinajstić information content (AvgIpc) is 2.79. The van der Waals surface area contributed by atoms with E-state index in [2.05, 4.69) is 15.3 Å². The van der Waals surface area contributed by atoms with E-state index in [-0.39, 0.29) is 5.91 Å². The highest BCUT2D eigenvalue weighted by molar-refractivity contribution is 6.04. The van der Waals surface area contributed by atoms with Gasteiger partial charge in [0.1, 0.15) is 17.3 Å². The zero-order valence-corrected chi connectivity index (χ0v) is 16.6. The van der Waals surface area contributed by atoms with Gasteiger partial charge in [-0.25, -0.2) is 9.37 Å². The van der Waals surface area contributed by atoms with Crippen LogP contribution in [0.25, 0.3) is 11.4 Å². The molecule has 0 aliphatic heterocycles. The van der Waals surface area contributed by atoms with Crippen LogP contribution in [0.15, 0.2) is 85.1 Å². The fourth-order valence-corrected chi connectivity index (χ4v) is 2.89. The molecule has 0 atom stereocenters. The lowest BCUT2D eigenvalue weighted by Crippen LogP contribution is -2.12. The first-order valence-corrected chi connectivity index (χ1v) is 9.43. The Morgan fingerprint density at radius 1 is 0.935 bits per heavy atom. The number of aromatic nitrogens is 2. The molecule has 154 valence electrons. The predicted octanol–water partition coefficient (Wildman–Crippen LogP) is 5.34. The van der Waals surface area contributed by atoms with Crippen molar-refractivity contribution in [2.24, 2.45) is 0 Å². The van der Waals surface area contributed by atoms with Crippen LogP contribution in [-0.2, 0) is 0 Å². The Bertz CT molecular complexity index is 1230. The number of methoxy groups -OCH3 is 1. The van der Waals surface area contributed by atoms with Gasteiger partial charge < -0.3 is 14.8 Å². The molecule has 1 N–H and O–H groups in total. The Morgan fingerprint density at radius 2 is 1.74 bits per heavy atom. The standard InChI is InChI=1S/C24H18FN3O3/c1-30-20-9-4-10-21(15-20)31-22-11-12-26-23(28-22)16-5-2-6-17(13-16)24(29)27-19-8-3-7-18(25)14-19/h2-15H,1H3,(H,27,29). The van der Waals surface area contributed by atoms with Crippen LogP contribution in [0, 0.1) is 5.82 Å². The van der Waals surface area contributed by atoms with Gasteiger partial charge in [0.25, 0.3) is 5.91 Å². The Balaban J connectivity index is 1.54. The van der Waals surface area contributed by atoms with Crippen LogP contribution >= 0.6 is 0 Å². The number of carbonyl (C=O) groups excluding carboxylic acids is 1. The molecule has 6 nitrogen and oxygen atoms in total. The molecule has 31 heavy (non-hydrogen) atoms. The highest BCUT2D eigenvalue weighted by Gasteiger charge is 2.11. The highest BCUT2D eigenvalue weighted by atomic mass is 19.1. The maximum atomic E-state index is 13.4. The second kappa shape index (κ2) is 9.04. The number of nitrogens with zero attached hydrogens (tertiary/aromatic N) is 2. The fraction of sp³-hybridized carbons (Fsp3) is 0.0417. The number of rotatable bonds is 6. The lowest BCUT2D eigenvalue weighted by Gasteiger charge is -2.09. The average molecular weight is 415 g/mol. The number of amides is 1. The first-order chi connectivity index (χ1) is 15.1. The van der Waals surface area contributed by atoms with Crippen LogP contribution in [-0.4, -0.2) is 23.0 Å². The smallest absolute Gasteiger partial charge is 0.255 e. The van der Waals surface area contributed by atoms with Crippen molar-refractivity contribution in [3.63, 3.8) is 0 Å². The van der Waals surface area contributed by atoms with E-state index in [1.54, 1.807) is 61.8 Å². The molecule has 3 aromatic carbocycles. The number of nitrogens with one attached hydrogen (secondary N) is 1. The van der Waals surface area contributed by atoms with E-state index < -0.39 is 5.82 Å². The Labute approximate surface area is 178 Å². The van der Waals surface area contributed by atoms with E-state index in [0.29, 0.717) is 40.0 Å². The van der Waals surface area contributed by atoms with Crippen LogP contribution in [0.3, 0.4) is 0 Å². The number of hydrogen-bond acceptors (Lipinski definition) is 5. The van der Waals surface area contributed by atoms with Crippen molar-refractivity contribution in [3.8, 4) is 28.8 Å². The third-order valence-electron chi connectivity index (χ3n) is 4.36. The summed E-state index contributed by atoms with van der Waals surface area (Å²) in [7, 11) is 1.58. The van der Waals surface area contributed by atoms with Gasteiger partial charge in [0.15, 0.2) is 5.82 Å². The Kier molecular flexibility index (Phi) is 5.84. The molecule has 0 unspecified atom stereocenters. The van der Waals surface area contributed by atoms with E-state index in [1.165, 1.54) is 18.2 Å². The summed E-state index contributed by atoms with van der Waals surface area (Å²) in [5.74, 6) is 1.22. The van der Waals surface area contributed by atoms with Crippen molar-refractivity contribution in [3.05, 3.63) is 96.4 Å². The summed E-state index contributed by atoms with van der Waals surface area (Å²) in [6.07, 6.45) is 1.58. The van der Waals surface area contributed by atoms with Crippen LogP contribution < -0.4 is 14.8 Å². The minimum atomic E-state index is -0.423. The quantitative estimate of drug-likeness (QED) is 0.460. The molecule has 0 fully saturated rings. The van der Waals surface area contributed by atoms with E-state index in [0.717, 1.165) is 0 Å². The molecule has 1 heterocycles. The number of hydrogen-bond donors (Lipinski definition) is 1. The zero-order chi connectivity index (χ0) is 21.6. The number of carbonyl (C=O) groups is 1. The second-order valence-corrected chi connectivity index (χ2v) is 6.54. The SMILES string of the molecule is COc1cccc(Oc2ccnc(-c3cccc(C(=O)Nc4cccc(F)c4)c3)n2)c1. The topological polar surface area (TPSA) is 73.3 Å². The molecule has 0 aliphatic rings. The first-order valence-electron chi connectivity index (χ1n) is 9.43. The lowest BCUT2D eigenvalue weighted by atomic mass is 10.1. The maximum absolute atomic E-state index is 13.4. The molecule has 4 rings (SSSR count). The summed E-state index contributed by atoms with van der Waals surface area (Å²) in [5.41, 5.74) is 1.41. The Hall–Kier alpha value is -4.26. The van der Waals surface area contributed by atoms with Gasteiger partial charge in [-0.3, -0.25) is 4.79 Å². The summed E-state index contributed by atoms with van der Waals surface area (Å²) in [6.45, 7) is 0. The summed E-state index contributed by atoms with van der Waals surface area (Å²) in [6, 6.07) is 21.4. The minimum Gasteiger partial charge on any atom is -0.497 e. The lowest BCUT2D eigenvalue weighted by molar-refractivity contribution is 0.102. The van der Waals surface area contributed by atoms with E-state index in [4.69, 9.17) is 9.47 Å². The van der Waals surface area contributed by atoms with Crippen molar-refractivity contribution in [2.45, 2.75) is 0 Å². The monoisotopic (exact) mass is 415 g/mol. The number of ether oxygens (including phenoxy) is 2. The zero-order valence-electron chi connectivity index (χ0n) is 16.6. The van der Waals surface area contributed by atoms with Crippen molar-refractivity contribution in [2.75, 3.05) is 12.4 Å². The number of benzene rings is 3. The molecule has 0 saturated carbocycles. The van der Waals surface area contributed by atoms with Gasteiger partial charge in [-0.2, -0.15) is 4.98 Å². The third kappa shape index (κ3) is 5.02. The summed E-state index contributed by atoms with van der Waals surface area (Å²) in [5, 5.41) is 2.68. The molecule has 0 aliphatic carbocycles. The van der Waals surface area contributed by atoms with Gasteiger partial charge in [-0.15, -0.1) is 0 Å². The molecule has 0 bridgehead atoms. The summed E-state index contributed by atoms with van der Waals surface area (Å²) >= 11 is 0. The summed E-state index contributed by atoms with van der Waals surface area (Å²) in [4.78, 5) is 21.3. The van der Waals surface area contributed by atoms with Gasteiger partial charge in [-0.05, 0) is 42.5 Å². The normalized spacial score (nSPS) is 10.4. The van der Waals surface area contributed by atoms with Crippen LogP contribution in [0.2, 0.25) is 0 Å². The van der Waals surface area contributed by atoms with Crippen molar-refractivity contribution in [1.82, 2.24) is 9.97 Å². The van der Waals surface area contributed by atoms with Gasteiger partial charge >= 0.3 is 0 Å². The van der Waals surface area contributed by atoms with Crippen LogP contribution in [0.4, 0.5) is 10.1 Å². The van der Waals surface area contributed by atoms with Gasteiger partial charge in [0, 0.05) is 35.1 Å². The van der Waals surface area contributed by atoms with Crippen LogP contribution in [0.5, 0.6) is 17.4 Å². The van der Waals surface area contributed by atoms with Crippen molar-refractivity contribution < 1.29 is 18.7 Å². The van der Waals surface area contributed by atoms with Crippen molar-refractivity contribution in [1.29, 1.82) is 0 Å². The molecular weight excluding hydrogens is 397 g/mol. The van der Waals surface area contributed by atoms with Gasteiger partial charge in [-0.1, -0.05) is 24.3 Å². The largest absolute Gasteiger partial charge is 0.497 e. The second-order valence-electron chi connectivity index (χ2n) is 6.54. The molecule has 0 radical (unpaired) electrons. The maximum Gasteiger partial charge on any atom is 0.255 e. The minimum absolute atomic E-state index is 0.355. The van der Waals surface area contributed by atoms with Gasteiger partial charge in [0.2, 0.25) is 5.88 Å². The molecule has 1 aromatic heterocycles. The van der Waals surface area contributed by atoms with E-state index in [1.807, 2.05) is 12.1 Å².